The highest BCUT2D eigenvalue weighted by molar-refractivity contribution is 7.92. The number of sulfonamides is 1. The van der Waals surface area contributed by atoms with Crippen molar-refractivity contribution in [3.05, 3.63) is 78.5 Å². The molecule has 0 amide bonds. The van der Waals surface area contributed by atoms with Crippen molar-refractivity contribution in [1.82, 2.24) is 15.0 Å². The maximum absolute atomic E-state index is 13.1. The molecule has 36 heavy (non-hydrogen) atoms. The maximum atomic E-state index is 13.1. The van der Waals surface area contributed by atoms with Crippen LogP contribution in [0, 0.1) is 5.21 Å². The van der Waals surface area contributed by atoms with Gasteiger partial charge in [0.05, 0.1) is 13.7 Å². The van der Waals surface area contributed by atoms with Crippen molar-refractivity contribution in [2.75, 3.05) is 25.0 Å². The number of nitrogens with zero attached hydrogens (tertiary/aromatic N) is 4. The van der Waals surface area contributed by atoms with Crippen molar-refractivity contribution < 1.29 is 32.5 Å². The highest BCUT2D eigenvalue weighted by Gasteiger charge is 2.25. The van der Waals surface area contributed by atoms with Gasteiger partial charge in [0.1, 0.15) is 11.5 Å². The molecule has 0 spiro atoms. The number of aliphatic hydroxyl groups excluding tert-OH is 1. The van der Waals surface area contributed by atoms with E-state index in [4.69, 9.17) is 14.2 Å². The molecule has 3 heterocycles. The lowest BCUT2D eigenvalue weighted by Crippen LogP contribution is -2.23. The van der Waals surface area contributed by atoms with E-state index in [1.807, 2.05) is 0 Å². The van der Waals surface area contributed by atoms with Crippen LogP contribution in [0.5, 0.6) is 23.1 Å². The third-order valence-corrected chi connectivity index (χ3v) is 6.01. The second-order valence-corrected chi connectivity index (χ2v) is 8.78. The van der Waals surface area contributed by atoms with Crippen molar-refractivity contribution >= 4 is 15.8 Å². The number of para-hydroxylation sites is 2. The Morgan fingerprint density at radius 3 is 2.47 bits per heavy atom. The number of pyridine rings is 2. The Bertz CT molecular complexity index is 1440. The second kappa shape index (κ2) is 10.8. The smallest absolute Gasteiger partial charge is 0.264 e. The summed E-state index contributed by atoms with van der Waals surface area (Å²) < 4.78 is 46.2. The van der Waals surface area contributed by atoms with Gasteiger partial charge in [-0.05, 0) is 24.3 Å². The number of hydrogen-bond acceptors (Lipinski definition) is 10. The molecular formula is C23H21N5O7S. The van der Waals surface area contributed by atoms with E-state index >= 15 is 0 Å². The van der Waals surface area contributed by atoms with E-state index in [0.717, 1.165) is 0 Å². The number of ether oxygens (including phenoxy) is 3. The molecule has 0 saturated carbocycles. The van der Waals surface area contributed by atoms with E-state index in [1.54, 1.807) is 24.3 Å². The van der Waals surface area contributed by atoms with Crippen LogP contribution in [0.3, 0.4) is 0 Å². The summed E-state index contributed by atoms with van der Waals surface area (Å²) >= 11 is 0. The first-order valence-corrected chi connectivity index (χ1v) is 12.0. The topological polar surface area (TPSA) is 160 Å². The summed E-state index contributed by atoms with van der Waals surface area (Å²) in [6, 6.07) is 12.4. The first-order valence-electron chi connectivity index (χ1n) is 10.5. The maximum Gasteiger partial charge on any atom is 0.264 e. The minimum atomic E-state index is -4.16. The lowest BCUT2D eigenvalue weighted by molar-refractivity contribution is -0.605. The molecule has 2 N–H and O–H groups in total. The molecule has 4 aromatic rings. The normalized spacial score (nSPS) is 11.1. The molecule has 0 bridgehead atoms. The second-order valence-electron chi connectivity index (χ2n) is 7.10. The van der Waals surface area contributed by atoms with Gasteiger partial charge in [-0.1, -0.05) is 12.1 Å². The minimum absolute atomic E-state index is 0.0415. The van der Waals surface area contributed by atoms with Gasteiger partial charge in [-0.15, -0.1) is 0 Å². The fraction of sp³-hybridized carbons (Fsp3) is 0.130. The van der Waals surface area contributed by atoms with Crippen LogP contribution < -0.4 is 23.7 Å². The van der Waals surface area contributed by atoms with Gasteiger partial charge < -0.3 is 24.5 Å². The fourth-order valence-corrected chi connectivity index (χ4v) is 4.00. The van der Waals surface area contributed by atoms with Crippen molar-refractivity contribution in [1.29, 1.82) is 0 Å². The number of hydrogen-bond donors (Lipinski definition) is 2. The molecule has 0 fully saturated rings. The van der Waals surface area contributed by atoms with Crippen LogP contribution in [0.15, 0.2) is 78.2 Å². The fourth-order valence-electron chi connectivity index (χ4n) is 3.03. The molecule has 3 aromatic heterocycles. The number of rotatable bonds is 10. The summed E-state index contributed by atoms with van der Waals surface area (Å²) in [6.45, 7) is -0.505. The van der Waals surface area contributed by atoms with Crippen LogP contribution in [0.4, 0.5) is 5.82 Å². The Balaban J connectivity index is 1.89. The SMILES string of the molecule is COc1ccccc1Oc1c(NS(=O)(=O)c2cccnc2)nc(-c2cc[n+]([O-])cc2)nc1OCCO. The van der Waals surface area contributed by atoms with Gasteiger partial charge >= 0.3 is 0 Å². The number of methoxy groups -OCH3 is 1. The van der Waals surface area contributed by atoms with Crippen molar-refractivity contribution in [2.24, 2.45) is 0 Å². The van der Waals surface area contributed by atoms with Crippen LogP contribution in [-0.4, -0.2) is 48.8 Å². The molecule has 0 saturated heterocycles. The molecule has 0 aliphatic heterocycles. The molecule has 0 radical (unpaired) electrons. The van der Waals surface area contributed by atoms with Crippen LogP contribution in [-0.2, 0) is 10.0 Å². The van der Waals surface area contributed by atoms with Gasteiger partial charge in [-0.25, -0.2) is 13.4 Å². The Kier molecular flexibility index (Phi) is 7.42. The van der Waals surface area contributed by atoms with Gasteiger partial charge in [0.2, 0.25) is 5.75 Å². The molecular weight excluding hydrogens is 490 g/mol. The predicted octanol–water partition coefficient (Wildman–Crippen LogP) is 2.14. The number of aromatic nitrogens is 4. The lowest BCUT2D eigenvalue weighted by Gasteiger charge is -2.18. The standard InChI is InChI=1S/C23H21N5O7S/c1-33-18-6-2-3-7-19(18)35-20-22(27-36(31,32)17-5-4-10-24-15-17)25-21(26-23(20)34-14-13-29)16-8-11-28(30)12-9-16/h2-12,15,29H,13-14H2,1H3,(H,25,26,27). The van der Waals surface area contributed by atoms with Crippen LogP contribution >= 0.6 is 0 Å². The highest BCUT2D eigenvalue weighted by atomic mass is 32.2. The summed E-state index contributed by atoms with van der Waals surface area (Å²) in [5.74, 6) is 0.0704. The predicted molar refractivity (Wildman–Crippen MR) is 127 cm³/mol. The molecule has 0 unspecified atom stereocenters. The Labute approximate surface area is 206 Å². The van der Waals surface area contributed by atoms with Gasteiger partial charge in [0, 0.05) is 30.1 Å². The average molecular weight is 512 g/mol. The Hall–Kier alpha value is -4.49. The van der Waals surface area contributed by atoms with E-state index in [0.29, 0.717) is 16.0 Å². The van der Waals surface area contributed by atoms with Gasteiger partial charge in [0.15, 0.2) is 35.5 Å². The van der Waals surface area contributed by atoms with Crippen molar-refractivity contribution in [3.63, 3.8) is 0 Å². The first kappa shape index (κ1) is 24.6. The van der Waals surface area contributed by atoms with E-state index < -0.39 is 10.0 Å². The zero-order valence-corrected chi connectivity index (χ0v) is 19.8. The number of aliphatic hydroxyl groups is 1. The molecule has 0 aliphatic carbocycles. The zero-order chi connectivity index (χ0) is 25.5. The summed E-state index contributed by atoms with van der Waals surface area (Å²) in [5, 5.41) is 20.8. The quantitative estimate of drug-likeness (QED) is 0.238. The van der Waals surface area contributed by atoms with Crippen molar-refractivity contribution in [3.8, 4) is 34.5 Å². The van der Waals surface area contributed by atoms with Gasteiger partial charge in [-0.3, -0.25) is 9.71 Å². The van der Waals surface area contributed by atoms with Crippen LogP contribution in [0.1, 0.15) is 0 Å². The number of nitrogens with one attached hydrogen (secondary N) is 1. The highest BCUT2D eigenvalue weighted by Crippen LogP contribution is 2.41. The Morgan fingerprint density at radius 2 is 1.81 bits per heavy atom. The van der Waals surface area contributed by atoms with E-state index in [2.05, 4.69) is 19.7 Å². The van der Waals surface area contributed by atoms with Crippen LogP contribution in [0.25, 0.3) is 11.4 Å². The molecule has 12 nitrogen and oxygen atoms in total. The van der Waals surface area contributed by atoms with Gasteiger partial charge in [-0.2, -0.15) is 9.71 Å². The third kappa shape index (κ3) is 5.59. The van der Waals surface area contributed by atoms with Crippen LogP contribution in [0.2, 0.25) is 0 Å². The minimum Gasteiger partial charge on any atom is -0.619 e. The summed E-state index contributed by atoms with van der Waals surface area (Å²) in [7, 11) is -2.71. The molecule has 4 rings (SSSR count). The summed E-state index contributed by atoms with van der Waals surface area (Å²) in [5.41, 5.74) is 0.404. The largest absolute Gasteiger partial charge is 0.619 e. The van der Waals surface area contributed by atoms with E-state index in [-0.39, 0.29) is 47.1 Å². The summed E-state index contributed by atoms with van der Waals surface area (Å²) in [6.07, 6.45) is 5.10. The zero-order valence-electron chi connectivity index (χ0n) is 18.9. The molecule has 0 atom stereocenters. The molecule has 0 aliphatic rings. The molecule has 1 aromatic carbocycles. The molecule has 186 valence electrons. The third-order valence-electron chi connectivity index (χ3n) is 4.68. The lowest BCUT2D eigenvalue weighted by atomic mass is 10.2. The first-order chi connectivity index (χ1) is 17.4. The molecule has 13 heteroatoms. The summed E-state index contributed by atoms with van der Waals surface area (Å²) in [4.78, 5) is 12.5. The number of benzene rings is 1. The number of anilines is 1. The van der Waals surface area contributed by atoms with Crippen molar-refractivity contribution in [2.45, 2.75) is 4.90 Å². The monoisotopic (exact) mass is 511 g/mol. The van der Waals surface area contributed by atoms with Gasteiger partial charge in [0.25, 0.3) is 15.9 Å². The van der Waals surface area contributed by atoms with E-state index in [9.17, 15) is 18.7 Å². The Morgan fingerprint density at radius 1 is 1.06 bits per heavy atom. The average Bonchev–Trinajstić information content (AvgIpc) is 2.89. The van der Waals surface area contributed by atoms with E-state index in [1.165, 1.54) is 56.2 Å².